The number of hydrazone groups is 1. The zero-order chi connectivity index (χ0) is 25.5. The zero-order valence-electron chi connectivity index (χ0n) is 19.2. The molecule has 182 valence electrons. The number of benzene rings is 2. The molecule has 0 saturated carbocycles. The number of carbonyl (C=O) groups excluding carboxylic acids is 1. The molecule has 0 spiro atoms. The molecule has 0 saturated heterocycles. The number of nitrogens with one attached hydrogen (secondary N) is 1. The maximum absolute atomic E-state index is 12.7. The number of nitrogens with zero attached hydrogens (tertiary/aromatic N) is 3. The lowest BCUT2D eigenvalue weighted by atomic mass is 10.1. The molecule has 0 aliphatic carbocycles. The first-order chi connectivity index (χ1) is 16.5. The van der Waals surface area contributed by atoms with Gasteiger partial charge in [0.1, 0.15) is 9.94 Å². The number of amides is 1. The van der Waals surface area contributed by atoms with Gasteiger partial charge in [0.25, 0.3) is 5.91 Å². The molecular formula is C23H21ClN4O5S2. The number of carbonyl (C=O) groups is 1. The second-order valence-corrected chi connectivity index (χ2v) is 10.9. The summed E-state index contributed by atoms with van der Waals surface area (Å²) in [7, 11) is -2.84. The second-order valence-electron chi connectivity index (χ2n) is 8.00. The van der Waals surface area contributed by atoms with Crippen molar-refractivity contribution in [3.8, 4) is 11.5 Å². The summed E-state index contributed by atoms with van der Waals surface area (Å²) in [4.78, 5) is 16.7. The van der Waals surface area contributed by atoms with E-state index in [2.05, 4.69) is 10.1 Å². The van der Waals surface area contributed by atoms with Crippen LogP contribution in [0.5, 0.6) is 11.5 Å². The first kappa shape index (κ1) is 25.0. The van der Waals surface area contributed by atoms with Gasteiger partial charge < -0.3 is 8.92 Å². The van der Waals surface area contributed by atoms with Crippen molar-refractivity contribution in [3.63, 3.8) is 0 Å². The predicted molar refractivity (Wildman–Crippen MR) is 137 cm³/mol. The van der Waals surface area contributed by atoms with E-state index < -0.39 is 16.0 Å². The Morgan fingerprint density at radius 2 is 1.89 bits per heavy atom. The van der Waals surface area contributed by atoms with Crippen molar-refractivity contribution < 1.29 is 22.1 Å². The van der Waals surface area contributed by atoms with Crippen LogP contribution in [0.1, 0.15) is 25.0 Å². The van der Waals surface area contributed by atoms with Crippen LogP contribution in [0.15, 0.2) is 57.0 Å². The van der Waals surface area contributed by atoms with Crippen LogP contribution in [0, 0.1) is 18.3 Å². The fourth-order valence-electron chi connectivity index (χ4n) is 3.17. The maximum Gasteiger partial charge on any atom is 0.339 e. The lowest BCUT2D eigenvalue weighted by Gasteiger charge is -2.20. The van der Waals surface area contributed by atoms with Gasteiger partial charge in [-0.15, -0.1) is 0 Å². The first-order valence-corrected chi connectivity index (χ1v) is 13.0. The standard InChI is InChI=1S/C23H21ClN4O5S2/c1-12(2)22-27-28-20(25)16(21(29)26-23(28)34-22)9-14-10-17(24)19(18(11-14)32-4)33-35(30,31)15-7-5-13(3)6-8-15/h5-12,25H,1-4H3/b16-9-,25-20?. The third-order valence-corrected chi connectivity index (χ3v) is 7.75. The number of methoxy groups -OCH3 is 1. The van der Waals surface area contributed by atoms with E-state index in [4.69, 9.17) is 25.9 Å². The highest BCUT2D eigenvalue weighted by Gasteiger charge is 2.36. The Bertz CT molecular complexity index is 1430. The van der Waals surface area contributed by atoms with Crippen LogP contribution in [0.3, 0.4) is 0 Å². The number of halogens is 1. The smallest absolute Gasteiger partial charge is 0.339 e. The number of amidine groups is 2. The average Bonchev–Trinajstić information content (AvgIpc) is 3.23. The molecule has 0 radical (unpaired) electrons. The maximum atomic E-state index is 12.7. The van der Waals surface area contributed by atoms with E-state index >= 15 is 0 Å². The van der Waals surface area contributed by atoms with Crippen LogP contribution in [0.25, 0.3) is 6.08 Å². The minimum absolute atomic E-state index is 0.00201. The summed E-state index contributed by atoms with van der Waals surface area (Å²) in [5.74, 6) is -0.748. The topological polar surface area (TPSA) is 121 Å². The number of fused-ring (bicyclic) bond motifs is 1. The number of hydrogen-bond acceptors (Lipinski definition) is 8. The summed E-state index contributed by atoms with van der Waals surface area (Å²) in [6, 6.07) is 9.05. The van der Waals surface area contributed by atoms with Crippen molar-refractivity contribution in [2.24, 2.45) is 16.0 Å². The Hall–Kier alpha value is -3.15. The van der Waals surface area contributed by atoms with Gasteiger partial charge >= 0.3 is 10.1 Å². The van der Waals surface area contributed by atoms with Crippen molar-refractivity contribution in [3.05, 3.63) is 58.1 Å². The predicted octanol–water partition coefficient (Wildman–Crippen LogP) is 4.70. The first-order valence-electron chi connectivity index (χ1n) is 10.4. The van der Waals surface area contributed by atoms with Crippen LogP contribution in [0.2, 0.25) is 5.02 Å². The van der Waals surface area contributed by atoms with E-state index in [0.29, 0.717) is 10.7 Å². The molecule has 2 aliphatic rings. The van der Waals surface area contributed by atoms with Gasteiger partial charge in [-0.3, -0.25) is 10.2 Å². The van der Waals surface area contributed by atoms with Crippen molar-refractivity contribution in [2.75, 3.05) is 7.11 Å². The van der Waals surface area contributed by atoms with Crippen molar-refractivity contribution >= 4 is 61.5 Å². The highest BCUT2D eigenvalue weighted by Crippen LogP contribution is 2.39. The summed E-state index contributed by atoms with van der Waals surface area (Å²) in [6.45, 7) is 5.76. The molecule has 0 fully saturated rings. The number of hydrogen-bond donors (Lipinski definition) is 1. The van der Waals surface area contributed by atoms with Gasteiger partial charge in [-0.1, -0.05) is 43.1 Å². The summed E-state index contributed by atoms with van der Waals surface area (Å²) in [5, 5.41) is 15.2. The SMILES string of the molecule is COc1cc(/C=C2/C(=N)N3N=C(C(C)C)SC3=NC2=O)cc(Cl)c1OS(=O)(=O)c1ccc(C)cc1. The van der Waals surface area contributed by atoms with Gasteiger partial charge in [0.15, 0.2) is 11.6 Å². The lowest BCUT2D eigenvalue weighted by Crippen LogP contribution is -2.35. The normalized spacial score (nSPS) is 17.0. The molecule has 12 heteroatoms. The van der Waals surface area contributed by atoms with Gasteiger partial charge in [-0.2, -0.15) is 23.5 Å². The van der Waals surface area contributed by atoms with E-state index in [1.165, 1.54) is 54.2 Å². The molecule has 0 aromatic heterocycles. The molecule has 2 heterocycles. The molecule has 4 rings (SSSR count). The van der Waals surface area contributed by atoms with Gasteiger partial charge in [0.2, 0.25) is 10.9 Å². The van der Waals surface area contributed by atoms with E-state index in [-0.39, 0.29) is 38.7 Å². The van der Waals surface area contributed by atoms with Gasteiger partial charge in [-0.25, -0.2) is 0 Å². The molecule has 2 aromatic rings. The quantitative estimate of drug-likeness (QED) is 0.422. The second kappa shape index (κ2) is 9.48. The monoisotopic (exact) mass is 532 g/mol. The molecule has 9 nitrogen and oxygen atoms in total. The van der Waals surface area contributed by atoms with Gasteiger partial charge in [-0.05, 0) is 54.6 Å². The Kier molecular flexibility index (Phi) is 6.76. The number of aryl methyl sites for hydroxylation is 1. The Balaban J connectivity index is 1.68. The largest absolute Gasteiger partial charge is 0.493 e. The number of aliphatic imine (C=N–C) groups is 1. The van der Waals surface area contributed by atoms with Crippen LogP contribution in [0.4, 0.5) is 0 Å². The zero-order valence-corrected chi connectivity index (χ0v) is 21.6. The van der Waals surface area contributed by atoms with E-state index in [1.54, 1.807) is 12.1 Å². The highest BCUT2D eigenvalue weighted by molar-refractivity contribution is 8.27. The van der Waals surface area contributed by atoms with Gasteiger partial charge in [0, 0.05) is 5.92 Å². The fraction of sp³-hybridized carbons (Fsp3) is 0.217. The van der Waals surface area contributed by atoms with Crippen molar-refractivity contribution in [2.45, 2.75) is 25.7 Å². The fourth-order valence-corrected chi connectivity index (χ4v) is 5.33. The molecule has 2 aromatic carbocycles. The number of rotatable bonds is 6. The third kappa shape index (κ3) is 4.97. The Morgan fingerprint density at radius 1 is 1.20 bits per heavy atom. The number of ether oxygens (including phenoxy) is 1. The minimum Gasteiger partial charge on any atom is -0.493 e. The van der Waals surface area contributed by atoms with Gasteiger partial charge in [0.05, 0.1) is 17.7 Å². The minimum atomic E-state index is -4.17. The van der Waals surface area contributed by atoms with Crippen molar-refractivity contribution in [1.82, 2.24) is 5.01 Å². The summed E-state index contributed by atoms with van der Waals surface area (Å²) >= 11 is 7.62. The summed E-state index contributed by atoms with van der Waals surface area (Å²) in [5.41, 5.74) is 1.29. The third-order valence-electron chi connectivity index (χ3n) is 5.03. The summed E-state index contributed by atoms with van der Waals surface area (Å²) < 4.78 is 36.1. The average molecular weight is 533 g/mol. The number of thioether (sulfide) groups is 1. The lowest BCUT2D eigenvalue weighted by molar-refractivity contribution is -0.114. The van der Waals surface area contributed by atoms with Crippen LogP contribution in [-0.4, -0.2) is 42.5 Å². The molecule has 0 unspecified atom stereocenters. The molecule has 0 atom stereocenters. The molecule has 2 aliphatic heterocycles. The molecule has 35 heavy (non-hydrogen) atoms. The van der Waals surface area contributed by atoms with Crippen LogP contribution < -0.4 is 8.92 Å². The van der Waals surface area contributed by atoms with E-state index in [0.717, 1.165) is 10.6 Å². The van der Waals surface area contributed by atoms with Crippen LogP contribution in [-0.2, 0) is 14.9 Å². The molecule has 1 N–H and O–H groups in total. The highest BCUT2D eigenvalue weighted by atomic mass is 35.5. The Labute approximate surface area is 212 Å². The molecular weight excluding hydrogens is 512 g/mol. The molecule has 0 bridgehead atoms. The van der Waals surface area contributed by atoms with E-state index in [9.17, 15) is 13.2 Å². The van der Waals surface area contributed by atoms with E-state index in [1.807, 2.05) is 20.8 Å². The van der Waals surface area contributed by atoms with Crippen LogP contribution >= 0.6 is 23.4 Å². The Morgan fingerprint density at radius 3 is 2.51 bits per heavy atom. The van der Waals surface area contributed by atoms with Crippen molar-refractivity contribution in [1.29, 1.82) is 5.41 Å². The molecule has 1 amide bonds. The summed E-state index contributed by atoms with van der Waals surface area (Å²) in [6.07, 6.45) is 1.42.